The Balaban J connectivity index is 2.57. The van der Waals surface area contributed by atoms with Crippen LogP contribution < -0.4 is 9.47 Å². The Hall–Kier alpha value is -0.750. The van der Waals surface area contributed by atoms with Gasteiger partial charge in [0.05, 0.1) is 29.7 Å². The molecule has 0 saturated heterocycles. The van der Waals surface area contributed by atoms with Crippen LogP contribution in [0.1, 0.15) is 15.9 Å². The Labute approximate surface area is 138 Å². The number of rotatable bonds is 4. The maximum atomic E-state index is 12.6. The van der Waals surface area contributed by atoms with Crippen LogP contribution in [-0.4, -0.2) is 20.0 Å². The zero-order valence-corrected chi connectivity index (χ0v) is 14.4. The zero-order valence-electron chi connectivity index (χ0n) is 10.5. The van der Waals surface area contributed by atoms with Gasteiger partial charge < -0.3 is 9.47 Å². The minimum absolute atomic E-state index is 0.260. The van der Waals surface area contributed by atoms with Crippen molar-refractivity contribution in [2.24, 2.45) is 0 Å². The largest absolute Gasteiger partial charge is 0.497 e. The number of carbonyl (C=O) groups is 1. The lowest BCUT2D eigenvalue weighted by molar-refractivity contribution is 0.103. The van der Waals surface area contributed by atoms with Crippen LogP contribution in [0.15, 0.2) is 22.7 Å². The first kappa shape index (κ1) is 15.6. The van der Waals surface area contributed by atoms with Gasteiger partial charge in [0.25, 0.3) is 0 Å². The highest BCUT2D eigenvalue weighted by Gasteiger charge is 2.23. The van der Waals surface area contributed by atoms with Gasteiger partial charge in [-0.1, -0.05) is 23.2 Å². The number of methoxy groups -OCH3 is 2. The van der Waals surface area contributed by atoms with Crippen molar-refractivity contribution in [3.8, 4) is 11.5 Å². The average Bonchev–Trinajstić information content (AvgIpc) is 2.75. The Morgan fingerprint density at radius 2 is 1.90 bits per heavy atom. The summed E-state index contributed by atoms with van der Waals surface area (Å²) in [5.41, 5.74) is 0.732. The fraction of sp³-hybridized carbons (Fsp3) is 0.154. The number of ketones is 1. The number of carbonyl (C=O) groups excluding carboxylic acids is 1. The molecule has 3 nitrogen and oxygen atoms in total. The molecule has 0 amide bonds. The molecule has 106 valence electrons. The van der Waals surface area contributed by atoms with Crippen molar-refractivity contribution >= 4 is 56.3 Å². The highest BCUT2D eigenvalue weighted by molar-refractivity contribution is 9.10. The summed E-state index contributed by atoms with van der Waals surface area (Å²) in [4.78, 5) is 12.6. The highest BCUT2D eigenvalue weighted by Crippen LogP contribution is 2.38. The minimum atomic E-state index is -0.260. The smallest absolute Gasteiger partial charge is 0.200 e. The molecule has 0 aliphatic rings. The first-order valence-corrected chi connectivity index (χ1v) is 7.75. The third-order valence-corrected chi connectivity index (χ3v) is 4.72. The van der Waals surface area contributed by atoms with Gasteiger partial charge in [-0.15, -0.1) is 11.3 Å². The summed E-state index contributed by atoms with van der Waals surface area (Å²) in [6.45, 7) is 0. The number of thiophene rings is 1. The minimum Gasteiger partial charge on any atom is -0.497 e. The van der Waals surface area contributed by atoms with Crippen molar-refractivity contribution in [3.05, 3.63) is 42.5 Å². The van der Waals surface area contributed by atoms with Crippen LogP contribution in [0.25, 0.3) is 0 Å². The average molecular weight is 396 g/mol. The molecule has 2 rings (SSSR count). The predicted octanol–water partition coefficient (Wildman–Crippen LogP) is 5.07. The van der Waals surface area contributed by atoms with E-state index in [2.05, 4.69) is 15.9 Å². The molecule has 20 heavy (non-hydrogen) atoms. The molecule has 1 heterocycles. The van der Waals surface area contributed by atoms with E-state index >= 15 is 0 Å². The van der Waals surface area contributed by atoms with E-state index in [4.69, 9.17) is 32.7 Å². The van der Waals surface area contributed by atoms with Gasteiger partial charge in [-0.2, -0.15) is 0 Å². The van der Waals surface area contributed by atoms with E-state index in [1.807, 2.05) is 0 Å². The Morgan fingerprint density at radius 3 is 2.40 bits per heavy atom. The maximum absolute atomic E-state index is 12.6. The molecule has 0 N–H and O–H groups in total. The summed E-state index contributed by atoms with van der Waals surface area (Å²) in [5.74, 6) is 0.726. The molecule has 0 fully saturated rings. The van der Waals surface area contributed by atoms with Crippen molar-refractivity contribution in [2.45, 2.75) is 0 Å². The van der Waals surface area contributed by atoms with Gasteiger partial charge in [-0.05, 0) is 28.1 Å². The summed E-state index contributed by atoms with van der Waals surface area (Å²) in [5, 5.41) is 0. The maximum Gasteiger partial charge on any atom is 0.200 e. The molecule has 0 saturated carbocycles. The first-order valence-electron chi connectivity index (χ1n) is 5.39. The molecule has 1 aromatic heterocycles. The second-order valence-corrected chi connectivity index (χ2v) is 6.89. The SMILES string of the molecule is COc1cc(Br)c(C(=O)c2cc(Cl)sc2Cl)c(OC)c1. The molecule has 0 bridgehead atoms. The summed E-state index contributed by atoms with van der Waals surface area (Å²) in [7, 11) is 3.03. The molecule has 0 unspecified atom stereocenters. The lowest BCUT2D eigenvalue weighted by atomic mass is 10.0. The number of ether oxygens (including phenoxy) is 2. The van der Waals surface area contributed by atoms with Gasteiger partial charge in [0.2, 0.25) is 0 Å². The number of hydrogen-bond acceptors (Lipinski definition) is 4. The van der Waals surface area contributed by atoms with Crippen LogP contribution in [0.2, 0.25) is 8.67 Å². The molecule has 0 aliphatic heterocycles. The van der Waals surface area contributed by atoms with Crippen molar-refractivity contribution in [3.63, 3.8) is 0 Å². The second kappa shape index (κ2) is 6.35. The lowest BCUT2D eigenvalue weighted by Gasteiger charge is -2.11. The Kier molecular flexibility index (Phi) is 4.96. The Bertz CT molecular complexity index is 670. The topological polar surface area (TPSA) is 35.5 Å². The lowest BCUT2D eigenvalue weighted by Crippen LogP contribution is -2.05. The molecule has 0 atom stereocenters. The van der Waals surface area contributed by atoms with Gasteiger partial charge in [-0.25, -0.2) is 0 Å². The molecule has 0 aliphatic carbocycles. The molecular formula is C13H9BrCl2O3S. The van der Waals surface area contributed by atoms with Gasteiger partial charge in [0.15, 0.2) is 5.78 Å². The molecule has 7 heteroatoms. The van der Waals surface area contributed by atoms with Crippen LogP contribution >= 0.6 is 50.5 Å². The standard InChI is InChI=1S/C13H9BrCl2O3S/c1-18-6-3-8(14)11(9(4-6)19-2)12(17)7-5-10(15)20-13(7)16/h3-5H,1-2H3. The molecular weight excluding hydrogens is 387 g/mol. The third kappa shape index (κ3) is 2.96. The van der Waals surface area contributed by atoms with E-state index < -0.39 is 0 Å². The number of hydrogen-bond donors (Lipinski definition) is 0. The number of halogens is 3. The van der Waals surface area contributed by atoms with E-state index in [1.54, 1.807) is 18.2 Å². The second-order valence-electron chi connectivity index (χ2n) is 3.75. The zero-order chi connectivity index (χ0) is 14.9. The van der Waals surface area contributed by atoms with E-state index in [9.17, 15) is 4.79 Å². The van der Waals surface area contributed by atoms with Crippen molar-refractivity contribution in [1.29, 1.82) is 0 Å². The van der Waals surface area contributed by atoms with E-state index in [1.165, 1.54) is 14.2 Å². The third-order valence-electron chi connectivity index (χ3n) is 2.61. The molecule has 1 aromatic carbocycles. The Morgan fingerprint density at radius 1 is 1.20 bits per heavy atom. The van der Waals surface area contributed by atoms with Crippen LogP contribution in [0.5, 0.6) is 11.5 Å². The summed E-state index contributed by atoms with van der Waals surface area (Å²) < 4.78 is 11.8. The summed E-state index contributed by atoms with van der Waals surface area (Å²) >= 11 is 16.4. The number of benzene rings is 1. The van der Waals surface area contributed by atoms with E-state index in [-0.39, 0.29) is 5.78 Å². The van der Waals surface area contributed by atoms with Crippen molar-refractivity contribution in [1.82, 2.24) is 0 Å². The van der Waals surface area contributed by atoms with E-state index in [0.717, 1.165) is 11.3 Å². The summed E-state index contributed by atoms with van der Waals surface area (Å²) in [6, 6.07) is 4.88. The van der Waals surface area contributed by atoms with Crippen LogP contribution in [0.3, 0.4) is 0 Å². The van der Waals surface area contributed by atoms with Crippen LogP contribution in [-0.2, 0) is 0 Å². The van der Waals surface area contributed by atoms with Gasteiger partial charge in [0, 0.05) is 10.5 Å². The molecule has 0 radical (unpaired) electrons. The van der Waals surface area contributed by atoms with Crippen LogP contribution in [0.4, 0.5) is 0 Å². The normalized spacial score (nSPS) is 10.4. The molecule has 0 spiro atoms. The van der Waals surface area contributed by atoms with Gasteiger partial charge in [0.1, 0.15) is 15.8 Å². The molecule has 2 aromatic rings. The first-order chi connectivity index (χ1) is 9.47. The van der Waals surface area contributed by atoms with Crippen molar-refractivity contribution in [2.75, 3.05) is 14.2 Å². The van der Waals surface area contributed by atoms with Crippen molar-refractivity contribution < 1.29 is 14.3 Å². The monoisotopic (exact) mass is 394 g/mol. The predicted molar refractivity (Wildman–Crippen MR) is 85.0 cm³/mol. The quantitative estimate of drug-likeness (QED) is 0.678. The van der Waals surface area contributed by atoms with Gasteiger partial charge in [-0.3, -0.25) is 4.79 Å². The van der Waals surface area contributed by atoms with Crippen LogP contribution in [0, 0.1) is 0 Å². The summed E-state index contributed by atoms with van der Waals surface area (Å²) in [6.07, 6.45) is 0. The fourth-order valence-corrected chi connectivity index (χ4v) is 3.75. The van der Waals surface area contributed by atoms with Gasteiger partial charge >= 0.3 is 0 Å². The fourth-order valence-electron chi connectivity index (χ4n) is 1.69. The van der Waals surface area contributed by atoms with E-state index in [0.29, 0.717) is 35.8 Å². The highest BCUT2D eigenvalue weighted by atomic mass is 79.9.